The Morgan fingerprint density at radius 3 is 2.43 bits per heavy atom. The molecule has 5 rings (SSSR count). The molecule has 49 heavy (non-hydrogen) atoms. The van der Waals surface area contributed by atoms with E-state index in [1.54, 1.807) is 42.2 Å². The third-order valence-corrected chi connectivity index (χ3v) is 11.3. The number of hydrogen-bond donors (Lipinski definition) is 4. The van der Waals surface area contributed by atoms with E-state index in [9.17, 15) is 49.5 Å². The molecule has 0 saturated carbocycles. The van der Waals surface area contributed by atoms with Crippen LogP contribution in [0, 0.1) is 5.92 Å². The fourth-order valence-electron chi connectivity index (χ4n) is 5.53. The molecule has 0 aliphatic carbocycles. The van der Waals surface area contributed by atoms with Gasteiger partial charge in [-0.3, -0.25) is 19.3 Å². The first-order valence-electron chi connectivity index (χ1n) is 14.4. The molecule has 4 atom stereocenters. The molecule has 2 aliphatic rings. The number of nitrogens with two attached hydrogens (primary N) is 1. The van der Waals surface area contributed by atoms with Crippen molar-refractivity contribution in [3.05, 3.63) is 83.4 Å². The lowest BCUT2D eigenvalue weighted by Crippen LogP contribution is -2.40. The second-order valence-electron chi connectivity index (χ2n) is 11.4. The highest BCUT2D eigenvalue weighted by Crippen LogP contribution is 2.41. The van der Waals surface area contributed by atoms with Gasteiger partial charge in [-0.15, -0.1) is 0 Å². The van der Waals surface area contributed by atoms with E-state index in [-0.39, 0.29) is 30.8 Å². The first kappa shape index (κ1) is 36.3. The molecule has 2 aliphatic heterocycles. The van der Waals surface area contributed by atoms with Gasteiger partial charge in [-0.05, 0) is 41.6 Å². The molecule has 0 amide bonds. The van der Waals surface area contributed by atoms with Crippen molar-refractivity contribution in [2.24, 2.45) is 11.1 Å². The van der Waals surface area contributed by atoms with Crippen LogP contribution in [0.4, 0.5) is 18.9 Å². The minimum Gasteiger partial charge on any atom is -0.489 e. The van der Waals surface area contributed by atoms with Crippen LogP contribution in [0.2, 0.25) is 0 Å². The molecular formula is C30H29F3N4O9S3. The van der Waals surface area contributed by atoms with Crippen LogP contribution in [0.1, 0.15) is 41.0 Å². The number of anilines is 1. The Labute approximate surface area is 283 Å². The van der Waals surface area contributed by atoms with Gasteiger partial charge in [-0.2, -0.15) is 17.9 Å². The predicted molar refractivity (Wildman–Crippen MR) is 171 cm³/mol. The maximum atomic E-state index is 13.7. The first-order chi connectivity index (χ1) is 22.8. The van der Waals surface area contributed by atoms with Crippen molar-refractivity contribution in [1.29, 1.82) is 0 Å². The summed E-state index contributed by atoms with van der Waals surface area (Å²) in [5.41, 5.74) is -1.60. The SMILES string of the molecule is CC(CN1CC(Oc2cccc(C3Nc4cc(C(F)(F)F)c(S(N)(=O)=O)cc4S(=O)(=O)N3)c2)C[C@H]1C(=O)O)C(=O)SC(=O)c1ccccc1. The topological polar surface area (TPSA) is 202 Å². The van der Waals surface area contributed by atoms with Gasteiger partial charge in [0.05, 0.1) is 16.1 Å². The van der Waals surface area contributed by atoms with Crippen LogP contribution in [-0.2, 0) is 35.8 Å². The summed E-state index contributed by atoms with van der Waals surface area (Å²) in [6, 6.07) is 13.8. The van der Waals surface area contributed by atoms with Crippen molar-refractivity contribution < 1.29 is 54.2 Å². The van der Waals surface area contributed by atoms with Gasteiger partial charge < -0.3 is 15.2 Å². The highest BCUT2D eigenvalue weighted by Gasteiger charge is 2.42. The molecule has 13 nitrogen and oxygen atoms in total. The third-order valence-electron chi connectivity index (χ3n) is 7.81. The summed E-state index contributed by atoms with van der Waals surface area (Å²) in [6.07, 6.45) is -7.13. The number of carboxylic acid groups (broad SMARTS) is 1. The molecule has 3 unspecified atom stereocenters. The average Bonchev–Trinajstić information content (AvgIpc) is 3.41. The molecule has 0 radical (unpaired) electrons. The van der Waals surface area contributed by atoms with E-state index < -0.39 is 87.7 Å². The molecule has 1 saturated heterocycles. The van der Waals surface area contributed by atoms with Gasteiger partial charge >= 0.3 is 12.1 Å². The minimum atomic E-state index is -5.18. The number of ether oxygens (including phenoxy) is 1. The largest absolute Gasteiger partial charge is 0.489 e. The standard InChI is InChI=1S/C30H29F3N4O9S3/c1-16(28(40)47-29(41)17-6-3-2-4-7-17)14-37-15-20(11-23(37)27(38)39)46-19-9-5-8-18(10-19)26-35-22-12-21(30(31,32)33)24(48(34,42)43)13-25(22)49(44,45)36-26/h2-10,12-13,16,20,23,26,35-36H,11,14-15H2,1H3,(H,38,39)(H2,34,42,43)/t16?,20?,23-,26?/m0/s1. The second-order valence-corrected chi connectivity index (χ2v) is 15.6. The zero-order chi connectivity index (χ0) is 35.9. The van der Waals surface area contributed by atoms with Crippen molar-refractivity contribution in [2.45, 2.75) is 47.6 Å². The van der Waals surface area contributed by atoms with E-state index in [4.69, 9.17) is 9.88 Å². The molecule has 2 heterocycles. The Bertz CT molecular complexity index is 2010. The van der Waals surface area contributed by atoms with Gasteiger partial charge in [0.25, 0.3) is 0 Å². The zero-order valence-electron chi connectivity index (χ0n) is 25.4. The molecule has 3 aromatic rings. The van der Waals surface area contributed by atoms with Crippen molar-refractivity contribution in [1.82, 2.24) is 9.62 Å². The van der Waals surface area contributed by atoms with Crippen molar-refractivity contribution >= 4 is 53.7 Å². The lowest BCUT2D eigenvalue weighted by molar-refractivity contribution is -0.142. The Morgan fingerprint density at radius 1 is 1.10 bits per heavy atom. The molecule has 0 spiro atoms. The predicted octanol–water partition coefficient (Wildman–Crippen LogP) is 3.40. The van der Waals surface area contributed by atoms with Crippen LogP contribution >= 0.6 is 11.8 Å². The number of likely N-dealkylation sites (tertiary alicyclic amines) is 1. The number of alkyl halides is 3. The number of carboxylic acids is 1. The quantitative estimate of drug-likeness (QED) is 0.249. The number of sulfonamides is 2. The van der Waals surface area contributed by atoms with Crippen LogP contribution < -0.4 is 19.9 Å². The number of hydrogen-bond acceptors (Lipinski definition) is 11. The monoisotopic (exact) mass is 742 g/mol. The van der Waals surface area contributed by atoms with E-state index in [1.807, 2.05) is 0 Å². The molecule has 262 valence electrons. The number of nitrogens with one attached hydrogen (secondary N) is 2. The van der Waals surface area contributed by atoms with E-state index in [0.29, 0.717) is 29.5 Å². The Balaban J connectivity index is 1.30. The molecular weight excluding hydrogens is 714 g/mol. The van der Waals surface area contributed by atoms with Crippen molar-refractivity contribution in [2.75, 3.05) is 18.4 Å². The lowest BCUT2D eigenvalue weighted by Gasteiger charge is -2.30. The van der Waals surface area contributed by atoms with Crippen LogP contribution in [0.3, 0.4) is 0 Å². The number of halogens is 3. The number of primary sulfonamides is 1. The van der Waals surface area contributed by atoms with Gasteiger partial charge in [0.2, 0.25) is 30.3 Å². The summed E-state index contributed by atoms with van der Waals surface area (Å²) in [5.74, 6) is -1.65. The number of carbonyl (C=O) groups excluding carboxylic acids is 2. The number of aliphatic carboxylic acids is 1. The molecule has 3 aromatic carbocycles. The lowest BCUT2D eigenvalue weighted by atomic mass is 10.1. The third kappa shape index (κ3) is 8.25. The molecule has 19 heteroatoms. The van der Waals surface area contributed by atoms with E-state index >= 15 is 0 Å². The van der Waals surface area contributed by atoms with Gasteiger partial charge in [-0.25, -0.2) is 22.0 Å². The Hall–Kier alpha value is -4.01. The number of fused-ring (bicyclic) bond motifs is 1. The number of rotatable bonds is 9. The molecule has 5 N–H and O–H groups in total. The van der Waals surface area contributed by atoms with Gasteiger partial charge in [-0.1, -0.05) is 49.4 Å². The number of thioether (sulfide) groups is 1. The fourth-order valence-corrected chi connectivity index (χ4v) is 8.39. The highest BCUT2D eigenvalue weighted by molar-refractivity contribution is 8.26. The normalized spacial score (nSPS) is 21.3. The van der Waals surface area contributed by atoms with E-state index in [2.05, 4.69) is 10.0 Å². The molecule has 1 fully saturated rings. The maximum absolute atomic E-state index is 13.7. The van der Waals surface area contributed by atoms with Crippen LogP contribution in [0.25, 0.3) is 0 Å². The fraction of sp³-hybridized carbons (Fsp3) is 0.300. The Morgan fingerprint density at radius 2 is 1.80 bits per heavy atom. The summed E-state index contributed by atoms with van der Waals surface area (Å²) in [7, 11) is -9.50. The number of nitrogens with zero attached hydrogens (tertiary/aromatic N) is 1. The van der Waals surface area contributed by atoms with Gasteiger partial charge in [0.15, 0.2) is 0 Å². The van der Waals surface area contributed by atoms with Crippen LogP contribution in [-0.4, -0.2) is 68.3 Å². The summed E-state index contributed by atoms with van der Waals surface area (Å²) in [5, 5.41) is 16.6. The summed E-state index contributed by atoms with van der Waals surface area (Å²) >= 11 is 0.546. The minimum absolute atomic E-state index is 0.0326. The highest BCUT2D eigenvalue weighted by atomic mass is 32.2. The molecule has 0 aromatic heterocycles. The van der Waals surface area contributed by atoms with Gasteiger partial charge in [0.1, 0.15) is 29.0 Å². The van der Waals surface area contributed by atoms with Crippen LogP contribution in [0.15, 0.2) is 76.5 Å². The average molecular weight is 743 g/mol. The maximum Gasteiger partial charge on any atom is 0.417 e. The summed E-state index contributed by atoms with van der Waals surface area (Å²) in [6.45, 7) is 1.73. The molecule has 0 bridgehead atoms. The van der Waals surface area contributed by atoms with E-state index in [0.717, 1.165) is 0 Å². The van der Waals surface area contributed by atoms with E-state index in [1.165, 1.54) is 24.3 Å². The Kier molecular flexibility index (Phi) is 10.2. The van der Waals surface area contributed by atoms with Gasteiger partial charge in [0, 0.05) is 31.0 Å². The summed E-state index contributed by atoms with van der Waals surface area (Å²) < 4.78 is 99.4. The summed E-state index contributed by atoms with van der Waals surface area (Å²) in [4.78, 5) is 36.8. The zero-order valence-corrected chi connectivity index (χ0v) is 27.8. The first-order valence-corrected chi connectivity index (χ1v) is 18.3. The smallest absolute Gasteiger partial charge is 0.417 e. The number of carbonyl (C=O) groups is 3. The van der Waals surface area contributed by atoms with Crippen LogP contribution in [0.5, 0.6) is 5.75 Å². The number of benzene rings is 3. The van der Waals surface area contributed by atoms with Crippen molar-refractivity contribution in [3.63, 3.8) is 0 Å². The second kappa shape index (κ2) is 13.7. The van der Waals surface area contributed by atoms with Crippen molar-refractivity contribution in [3.8, 4) is 5.75 Å².